The number of nitrogens with two attached hydrogens (primary N) is 1. The van der Waals surface area contributed by atoms with Crippen LogP contribution < -0.4 is 10.5 Å². The summed E-state index contributed by atoms with van der Waals surface area (Å²) in [5.41, 5.74) is 6.65. The van der Waals surface area contributed by atoms with Crippen molar-refractivity contribution in [2.45, 2.75) is 13.5 Å². The zero-order chi connectivity index (χ0) is 16.1. The average Bonchev–Trinajstić information content (AvgIpc) is 2.54. The third-order valence-electron chi connectivity index (χ3n) is 4.10. The van der Waals surface area contributed by atoms with E-state index in [-0.39, 0.29) is 36.6 Å². The van der Waals surface area contributed by atoms with Crippen molar-refractivity contribution < 1.29 is 9.53 Å². The van der Waals surface area contributed by atoms with E-state index in [0.717, 1.165) is 44.0 Å². The summed E-state index contributed by atoms with van der Waals surface area (Å²) >= 11 is 6.07. The highest BCUT2D eigenvalue weighted by atomic mass is 35.5. The van der Waals surface area contributed by atoms with Gasteiger partial charge in [0.05, 0.1) is 7.11 Å². The lowest BCUT2D eigenvalue weighted by Gasteiger charge is -2.36. The maximum absolute atomic E-state index is 12.1. The molecule has 0 aliphatic carbocycles. The van der Waals surface area contributed by atoms with Crippen molar-refractivity contribution in [3.05, 3.63) is 28.8 Å². The predicted molar refractivity (Wildman–Crippen MR) is 103 cm³/mol. The number of nitrogens with zero attached hydrogens (tertiary/aromatic N) is 2. The summed E-state index contributed by atoms with van der Waals surface area (Å²) in [6, 6.07) is 5.66. The van der Waals surface area contributed by atoms with Crippen LogP contribution in [0.4, 0.5) is 0 Å². The molecule has 0 aromatic heterocycles. The van der Waals surface area contributed by atoms with Gasteiger partial charge in [-0.25, -0.2) is 0 Å². The molecular weight excluding hydrogens is 373 g/mol. The second-order valence-corrected chi connectivity index (χ2v) is 6.13. The number of piperazine rings is 1. The standard InChI is InChI=1S/C16H24ClN3O2.2ClH/c1-12(10-18)16(21)20-7-5-19(6-8-20)11-13-9-14(17)3-4-15(13)22-2;;/h3-4,9,12H,5-8,10-11,18H2,1-2H3;2*1H. The molecule has 1 aromatic rings. The third kappa shape index (κ3) is 5.97. The lowest BCUT2D eigenvalue weighted by atomic mass is 10.1. The van der Waals surface area contributed by atoms with Crippen LogP contribution in [0.2, 0.25) is 5.02 Å². The molecule has 1 aliphatic rings. The van der Waals surface area contributed by atoms with Gasteiger partial charge in [-0.15, -0.1) is 24.8 Å². The molecule has 0 spiro atoms. The minimum Gasteiger partial charge on any atom is -0.496 e. The van der Waals surface area contributed by atoms with Crippen molar-refractivity contribution in [1.82, 2.24) is 9.80 Å². The highest BCUT2D eigenvalue weighted by Gasteiger charge is 2.24. The summed E-state index contributed by atoms with van der Waals surface area (Å²) in [5.74, 6) is 0.904. The lowest BCUT2D eigenvalue weighted by Crippen LogP contribution is -2.50. The molecule has 0 saturated carbocycles. The second kappa shape index (κ2) is 11.0. The monoisotopic (exact) mass is 397 g/mol. The molecule has 1 atom stereocenters. The summed E-state index contributed by atoms with van der Waals surface area (Å²) in [6.07, 6.45) is 0. The Hall–Kier alpha value is -0.720. The van der Waals surface area contributed by atoms with Gasteiger partial charge in [0.2, 0.25) is 5.91 Å². The zero-order valence-corrected chi connectivity index (χ0v) is 16.4. The first-order valence-electron chi connectivity index (χ1n) is 7.58. The van der Waals surface area contributed by atoms with E-state index in [1.807, 2.05) is 30.0 Å². The van der Waals surface area contributed by atoms with Gasteiger partial charge in [-0.2, -0.15) is 0 Å². The number of carbonyl (C=O) groups is 1. The molecule has 0 bridgehead atoms. The summed E-state index contributed by atoms with van der Waals surface area (Å²) in [7, 11) is 1.66. The molecule has 0 radical (unpaired) electrons. The van der Waals surface area contributed by atoms with Gasteiger partial charge in [-0.3, -0.25) is 9.69 Å². The van der Waals surface area contributed by atoms with Crippen LogP contribution in [-0.2, 0) is 11.3 Å². The fourth-order valence-electron chi connectivity index (χ4n) is 2.65. The summed E-state index contributed by atoms with van der Waals surface area (Å²) in [6.45, 7) is 6.23. The van der Waals surface area contributed by atoms with Crippen LogP contribution in [0.3, 0.4) is 0 Å². The molecule has 8 heteroatoms. The number of amides is 1. The van der Waals surface area contributed by atoms with Crippen LogP contribution in [0.1, 0.15) is 12.5 Å². The Labute approximate surface area is 161 Å². The molecule has 2 N–H and O–H groups in total. The number of rotatable bonds is 5. The van der Waals surface area contributed by atoms with Crippen molar-refractivity contribution in [1.29, 1.82) is 0 Å². The number of hydrogen-bond acceptors (Lipinski definition) is 4. The highest BCUT2D eigenvalue weighted by Crippen LogP contribution is 2.24. The van der Waals surface area contributed by atoms with Gasteiger partial charge < -0.3 is 15.4 Å². The lowest BCUT2D eigenvalue weighted by molar-refractivity contribution is -0.136. The van der Waals surface area contributed by atoms with Gasteiger partial charge >= 0.3 is 0 Å². The molecule has 5 nitrogen and oxygen atoms in total. The SMILES string of the molecule is COc1ccc(Cl)cc1CN1CCN(C(=O)C(C)CN)CC1.Cl.Cl. The Bertz CT molecular complexity index is 523. The number of carbonyl (C=O) groups excluding carboxylic acids is 1. The summed E-state index contributed by atoms with van der Waals surface area (Å²) in [4.78, 5) is 16.3. The van der Waals surface area contributed by atoms with Gasteiger partial charge in [0.25, 0.3) is 0 Å². The van der Waals surface area contributed by atoms with Crippen LogP contribution in [-0.4, -0.2) is 55.5 Å². The highest BCUT2D eigenvalue weighted by molar-refractivity contribution is 6.30. The molecule has 1 aromatic carbocycles. The molecule has 24 heavy (non-hydrogen) atoms. The van der Waals surface area contributed by atoms with Crippen molar-refractivity contribution >= 4 is 42.3 Å². The van der Waals surface area contributed by atoms with Gasteiger partial charge in [-0.1, -0.05) is 18.5 Å². The number of ether oxygens (including phenoxy) is 1. The van der Waals surface area contributed by atoms with Crippen molar-refractivity contribution in [2.75, 3.05) is 39.8 Å². The van der Waals surface area contributed by atoms with E-state index in [4.69, 9.17) is 22.1 Å². The fourth-order valence-corrected chi connectivity index (χ4v) is 2.85. The Morgan fingerprint density at radius 1 is 1.29 bits per heavy atom. The summed E-state index contributed by atoms with van der Waals surface area (Å²) in [5, 5.41) is 0.710. The first kappa shape index (κ1) is 23.3. The Morgan fingerprint density at radius 2 is 1.92 bits per heavy atom. The quantitative estimate of drug-likeness (QED) is 0.827. The van der Waals surface area contributed by atoms with Gasteiger partial charge in [0.1, 0.15) is 5.75 Å². The van der Waals surface area contributed by atoms with Crippen LogP contribution >= 0.6 is 36.4 Å². The second-order valence-electron chi connectivity index (χ2n) is 5.69. The number of benzene rings is 1. The van der Waals surface area contributed by atoms with E-state index in [2.05, 4.69) is 4.90 Å². The van der Waals surface area contributed by atoms with E-state index in [1.54, 1.807) is 7.11 Å². The first-order valence-corrected chi connectivity index (χ1v) is 7.96. The van der Waals surface area contributed by atoms with Crippen molar-refractivity contribution in [3.63, 3.8) is 0 Å². The molecule has 138 valence electrons. The minimum absolute atomic E-state index is 0. The first-order chi connectivity index (χ1) is 10.5. The number of hydrogen-bond donors (Lipinski definition) is 1. The molecule has 1 aliphatic heterocycles. The van der Waals surface area contributed by atoms with E-state index in [1.165, 1.54) is 0 Å². The average molecular weight is 399 g/mol. The molecule has 2 rings (SSSR count). The van der Waals surface area contributed by atoms with E-state index < -0.39 is 0 Å². The zero-order valence-electron chi connectivity index (χ0n) is 14.0. The van der Waals surface area contributed by atoms with E-state index in [9.17, 15) is 4.79 Å². The van der Waals surface area contributed by atoms with Gasteiger partial charge in [0, 0.05) is 55.8 Å². The van der Waals surface area contributed by atoms with Gasteiger partial charge in [-0.05, 0) is 18.2 Å². The predicted octanol–water partition coefficient (Wildman–Crippen LogP) is 2.43. The topological polar surface area (TPSA) is 58.8 Å². The molecule has 1 saturated heterocycles. The van der Waals surface area contributed by atoms with E-state index >= 15 is 0 Å². The normalized spacial score (nSPS) is 15.9. The van der Waals surface area contributed by atoms with Crippen LogP contribution in [0.25, 0.3) is 0 Å². The van der Waals surface area contributed by atoms with Crippen molar-refractivity contribution in [3.8, 4) is 5.75 Å². The number of halogens is 3. The molecule has 1 fully saturated rings. The van der Waals surface area contributed by atoms with E-state index in [0.29, 0.717) is 11.6 Å². The summed E-state index contributed by atoms with van der Waals surface area (Å²) < 4.78 is 5.38. The van der Waals surface area contributed by atoms with Crippen LogP contribution in [0, 0.1) is 5.92 Å². The number of methoxy groups -OCH3 is 1. The Balaban J connectivity index is 0.00000264. The third-order valence-corrected chi connectivity index (χ3v) is 4.33. The maximum Gasteiger partial charge on any atom is 0.226 e. The molecule has 1 amide bonds. The minimum atomic E-state index is -0.0976. The molecule has 1 unspecified atom stereocenters. The maximum atomic E-state index is 12.1. The van der Waals surface area contributed by atoms with Crippen LogP contribution in [0.15, 0.2) is 18.2 Å². The Kier molecular flexibility index (Phi) is 10.7. The van der Waals surface area contributed by atoms with Gasteiger partial charge in [0.15, 0.2) is 0 Å². The molecular formula is C16H26Cl3N3O2. The Morgan fingerprint density at radius 3 is 2.46 bits per heavy atom. The molecule has 1 heterocycles. The van der Waals surface area contributed by atoms with Crippen molar-refractivity contribution in [2.24, 2.45) is 11.7 Å². The van der Waals surface area contributed by atoms with Crippen LogP contribution in [0.5, 0.6) is 5.75 Å². The smallest absolute Gasteiger partial charge is 0.226 e. The fraction of sp³-hybridized carbons (Fsp3) is 0.562. The largest absolute Gasteiger partial charge is 0.496 e.